The van der Waals surface area contributed by atoms with Gasteiger partial charge in [0.15, 0.2) is 12.4 Å². The molecule has 8 heteroatoms. The first-order valence-electron chi connectivity index (χ1n) is 7.86. The van der Waals surface area contributed by atoms with Crippen LogP contribution in [-0.4, -0.2) is 31.8 Å². The molecule has 132 valence electrons. The van der Waals surface area contributed by atoms with Crippen molar-refractivity contribution in [3.05, 3.63) is 45.6 Å². The maximum absolute atomic E-state index is 11.7. The number of hydrazone groups is 1. The third-order valence-corrected chi connectivity index (χ3v) is 4.47. The second-order valence-corrected chi connectivity index (χ2v) is 6.82. The molecule has 0 unspecified atom stereocenters. The molecule has 0 radical (unpaired) electrons. The zero-order chi connectivity index (χ0) is 17.6. The van der Waals surface area contributed by atoms with Crippen LogP contribution in [0.25, 0.3) is 0 Å². The molecule has 1 N–H and O–H groups in total. The van der Waals surface area contributed by atoms with E-state index in [1.54, 1.807) is 24.3 Å². The van der Waals surface area contributed by atoms with E-state index in [1.165, 1.54) is 19.1 Å². The molecule has 1 aromatic carbocycles. The van der Waals surface area contributed by atoms with Crippen molar-refractivity contribution in [3.63, 3.8) is 0 Å². The third-order valence-electron chi connectivity index (χ3n) is 3.65. The van der Waals surface area contributed by atoms with E-state index in [0.29, 0.717) is 16.5 Å². The summed E-state index contributed by atoms with van der Waals surface area (Å²) in [5.74, 6) is 1.56. The number of nitrogens with zero attached hydrogens (tertiary/aromatic N) is 2. The van der Waals surface area contributed by atoms with Gasteiger partial charge in [-0.3, -0.25) is 4.79 Å². The van der Waals surface area contributed by atoms with Crippen LogP contribution in [0.4, 0.5) is 5.88 Å². The minimum absolute atomic E-state index is 0.139. The molecular weight excluding hydrogens is 410 g/mol. The van der Waals surface area contributed by atoms with Gasteiger partial charge in [0.25, 0.3) is 5.91 Å². The summed E-state index contributed by atoms with van der Waals surface area (Å²) in [5.41, 5.74) is 2.40. The fourth-order valence-corrected chi connectivity index (χ4v) is 3.14. The molecule has 1 amide bonds. The van der Waals surface area contributed by atoms with Crippen molar-refractivity contribution in [2.45, 2.75) is 12.8 Å². The number of carbonyl (C=O) groups excluding carboxylic acids is 1. The monoisotopic (exact) mass is 425 g/mol. The summed E-state index contributed by atoms with van der Waals surface area (Å²) in [7, 11) is 0. The molecule has 1 aliphatic heterocycles. The molecule has 0 spiro atoms. The molecule has 3 rings (SSSR count). The third kappa shape index (κ3) is 4.99. The summed E-state index contributed by atoms with van der Waals surface area (Å²) in [6.45, 7) is 1.84. The van der Waals surface area contributed by atoms with Gasteiger partial charge < -0.3 is 14.1 Å². The maximum atomic E-state index is 11.7. The average molecular weight is 427 g/mol. The molecule has 1 fully saturated rings. The molecule has 0 atom stereocenters. The van der Waals surface area contributed by atoms with Crippen LogP contribution < -0.4 is 15.1 Å². The average Bonchev–Trinajstić information content (AvgIpc) is 3.24. The van der Waals surface area contributed by atoms with Crippen molar-refractivity contribution in [1.82, 2.24) is 5.43 Å². The van der Waals surface area contributed by atoms with Gasteiger partial charge in [-0.05, 0) is 53.0 Å². The largest absolute Gasteiger partial charge is 0.484 e. The van der Waals surface area contributed by atoms with Crippen LogP contribution in [0.5, 0.6) is 5.75 Å². The molecular formula is C17H17BrClN3O3. The van der Waals surface area contributed by atoms with Crippen LogP contribution >= 0.6 is 27.5 Å². The number of rotatable bonds is 6. The number of nitrogens with one attached hydrogen (secondary N) is 1. The van der Waals surface area contributed by atoms with Crippen molar-refractivity contribution in [3.8, 4) is 5.75 Å². The smallest absolute Gasteiger partial charge is 0.277 e. The number of ether oxygens (including phenoxy) is 1. The van der Waals surface area contributed by atoms with E-state index in [-0.39, 0.29) is 12.5 Å². The Kier molecular flexibility index (Phi) is 5.99. The van der Waals surface area contributed by atoms with Crippen LogP contribution in [0, 0.1) is 0 Å². The van der Waals surface area contributed by atoms with Crippen LogP contribution in [0.15, 0.2) is 44.3 Å². The Bertz CT molecular complexity index is 755. The van der Waals surface area contributed by atoms with Crippen LogP contribution in [0.1, 0.15) is 18.6 Å². The Balaban J connectivity index is 1.48. The molecule has 2 heterocycles. The van der Waals surface area contributed by atoms with Gasteiger partial charge in [0.2, 0.25) is 5.88 Å². The summed E-state index contributed by atoms with van der Waals surface area (Å²) in [5, 5.41) is 4.50. The van der Waals surface area contributed by atoms with E-state index in [2.05, 4.69) is 31.4 Å². The number of furan rings is 1. The molecule has 25 heavy (non-hydrogen) atoms. The number of anilines is 1. The van der Waals surface area contributed by atoms with E-state index in [4.69, 9.17) is 20.8 Å². The number of hydrogen-bond donors (Lipinski definition) is 1. The van der Waals surface area contributed by atoms with E-state index in [0.717, 1.165) is 23.4 Å². The van der Waals surface area contributed by atoms with Gasteiger partial charge in [0.1, 0.15) is 5.75 Å². The molecule has 1 aromatic heterocycles. The van der Waals surface area contributed by atoms with Crippen LogP contribution in [0.2, 0.25) is 5.02 Å². The zero-order valence-corrected chi connectivity index (χ0v) is 15.7. The molecule has 6 nitrogen and oxygen atoms in total. The number of amides is 1. The molecule has 0 aliphatic carbocycles. The predicted molar refractivity (Wildman–Crippen MR) is 101 cm³/mol. The Labute approximate surface area is 158 Å². The van der Waals surface area contributed by atoms with Gasteiger partial charge in [0.05, 0.1) is 10.7 Å². The predicted octanol–water partition coefficient (Wildman–Crippen LogP) is 3.82. The van der Waals surface area contributed by atoms with Gasteiger partial charge in [-0.1, -0.05) is 11.6 Å². The second-order valence-electron chi connectivity index (χ2n) is 5.53. The first kappa shape index (κ1) is 17.8. The minimum Gasteiger partial charge on any atom is -0.484 e. The SMILES string of the molecule is O=C(COc1ccc(Cl)cc1)N/N=C\c1cc(Br)c(N2CCCC2)o1. The van der Waals surface area contributed by atoms with Gasteiger partial charge in [-0.15, -0.1) is 0 Å². The van der Waals surface area contributed by atoms with E-state index >= 15 is 0 Å². The normalized spacial score (nSPS) is 14.2. The van der Waals surface area contributed by atoms with Crippen molar-refractivity contribution < 1.29 is 13.9 Å². The quantitative estimate of drug-likeness (QED) is 0.563. The van der Waals surface area contributed by atoms with Crippen molar-refractivity contribution in [1.29, 1.82) is 0 Å². The lowest BCUT2D eigenvalue weighted by Crippen LogP contribution is -2.24. The fourth-order valence-electron chi connectivity index (χ4n) is 2.46. The Morgan fingerprint density at radius 3 is 2.80 bits per heavy atom. The Morgan fingerprint density at radius 2 is 2.08 bits per heavy atom. The molecule has 1 aliphatic rings. The minimum atomic E-state index is -0.364. The highest BCUT2D eigenvalue weighted by atomic mass is 79.9. The van der Waals surface area contributed by atoms with E-state index in [9.17, 15) is 4.79 Å². The van der Waals surface area contributed by atoms with Crippen molar-refractivity contribution in [2.24, 2.45) is 5.10 Å². The maximum Gasteiger partial charge on any atom is 0.277 e. The highest BCUT2D eigenvalue weighted by Crippen LogP contribution is 2.31. The lowest BCUT2D eigenvalue weighted by molar-refractivity contribution is -0.123. The number of halogens is 2. The topological polar surface area (TPSA) is 67.1 Å². The number of benzene rings is 1. The number of carbonyl (C=O) groups is 1. The fraction of sp³-hybridized carbons (Fsp3) is 0.294. The standard InChI is InChI=1S/C17H17BrClN3O3/c18-15-9-14(25-17(15)22-7-1-2-8-22)10-20-21-16(23)11-24-13-5-3-12(19)4-6-13/h3-6,9-10H,1-2,7-8,11H2,(H,21,23)/b20-10-. The Hall–Kier alpha value is -1.99. The summed E-state index contributed by atoms with van der Waals surface area (Å²) in [4.78, 5) is 13.9. The number of hydrogen-bond acceptors (Lipinski definition) is 5. The Morgan fingerprint density at radius 1 is 1.36 bits per heavy atom. The van der Waals surface area contributed by atoms with Crippen LogP contribution in [0.3, 0.4) is 0 Å². The summed E-state index contributed by atoms with van der Waals surface area (Å²) in [6, 6.07) is 8.60. The summed E-state index contributed by atoms with van der Waals surface area (Å²) < 4.78 is 12.0. The lowest BCUT2D eigenvalue weighted by atomic mass is 10.3. The van der Waals surface area contributed by atoms with E-state index in [1.807, 2.05) is 6.07 Å². The van der Waals surface area contributed by atoms with Crippen molar-refractivity contribution >= 4 is 45.5 Å². The molecule has 1 saturated heterocycles. The highest BCUT2D eigenvalue weighted by molar-refractivity contribution is 9.10. The van der Waals surface area contributed by atoms with Gasteiger partial charge >= 0.3 is 0 Å². The molecule has 0 bridgehead atoms. The lowest BCUT2D eigenvalue weighted by Gasteiger charge is -2.13. The van der Waals surface area contributed by atoms with Gasteiger partial charge in [-0.25, -0.2) is 5.43 Å². The zero-order valence-electron chi connectivity index (χ0n) is 13.4. The van der Waals surface area contributed by atoms with Gasteiger partial charge in [-0.2, -0.15) is 5.10 Å². The first-order valence-corrected chi connectivity index (χ1v) is 9.03. The second kappa shape index (κ2) is 8.40. The van der Waals surface area contributed by atoms with Crippen LogP contribution in [-0.2, 0) is 4.79 Å². The van der Waals surface area contributed by atoms with Crippen molar-refractivity contribution in [2.75, 3.05) is 24.6 Å². The summed E-state index contributed by atoms with van der Waals surface area (Å²) in [6.07, 6.45) is 3.80. The highest BCUT2D eigenvalue weighted by Gasteiger charge is 2.19. The van der Waals surface area contributed by atoms with Gasteiger partial charge in [0, 0.05) is 24.2 Å². The molecule has 0 saturated carbocycles. The molecule has 2 aromatic rings. The summed E-state index contributed by atoms with van der Waals surface area (Å²) >= 11 is 9.28. The van der Waals surface area contributed by atoms with E-state index < -0.39 is 0 Å². The first-order chi connectivity index (χ1) is 12.1.